The third-order valence-corrected chi connectivity index (χ3v) is 5.31. The van der Waals surface area contributed by atoms with Crippen molar-refractivity contribution in [3.63, 3.8) is 0 Å². The Morgan fingerprint density at radius 3 is 2.19 bits per heavy atom. The summed E-state index contributed by atoms with van der Waals surface area (Å²) < 4.78 is 62.0. The highest BCUT2D eigenvalue weighted by molar-refractivity contribution is 6.35. The van der Waals surface area contributed by atoms with E-state index in [2.05, 4.69) is 5.32 Å². The summed E-state index contributed by atoms with van der Waals surface area (Å²) in [5.74, 6) is -2.80. The minimum atomic E-state index is -5.04. The van der Waals surface area contributed by atoms with Crippen LogP contribution in [-0.2, 0) is 11.0 Å². The quantitative estimate of drug-likeness (QED) is 0.267. The number of carbonyl (C=O) groups is 1. The average molecular weight is 554 g/mol. The SMILES string of the molecule is COc1ccc(Oc2c(C(F)(F)F)oc3cc(OCC(=O)Nc4cc(Cl)cc(Cl)c4)ccc3c2=O)cc1. The van der Waals surface area contributed by atoms with Crippen molar-refractivity contribution in [1.82, 2.24) is 0 Å². The maximum Gasteiger partial charge on any atom is 0.453 e. The van der Waals surface area contributed by atoms with Crippen molar-refractivity contribution in [3.05, 3.63) is 86.7 Å². The van der Waals surface area contributed by atoms with Crippen LogP contribution in [0, 0.1) is 0 Å². The van der Waals surface area contributed by atoms with Crippen LogP contribution in [0.4, 0.5) is 18.9 Å². The summed E-state index contributed by atoms with van der Waals surface area (Å²) >= 11 is 11.8. The van der Waals surface area contributed by atoms with Crippen molar-refractivity contribution in [2.75, 3.05) is 19.0 Å². The first-order chi connectivity index (χ1) is 17.5. The zero-order valence-corrected chi connectivity index (χ0v) is 20.3. The van der Waals surface area contributed by atoms with E-state index < -0.39 is 41.2 Å². The van der Waals surface area contributed by atoms with E-state index in [0.717, 1.165) is 6.07 Å². The molecule has 7 nitrogen and oxygen atoms in total. The molecule has 0 saturated heterocycles. The number of nitrogens with one attached hydrogen (secondary N) is 1. The highest BCUT2D eigenvalue weighted by Gasteiger charge is 2.40. The Balaban J connectivity index is 1.59. The van der Waals surface area contributed by atoms with Gasteiger partial charge in [0.25, 0.3) is 11.7 Å². The van der Waals surface area contributed by atoms with Gasteiger partial charge in [-0.25, -0.2) is 0 Å². The smallest absolute Gasteiger partial charge is 0.453 e. The van der Waals surface area contributed by atoms with Crippen molar-refractivity contribution in [2.45, 2.75) is 6.18 Å². The molecule has 4 rings (SSSR count). The highest BCUT2D eigenvalue weighted by atomic mass is 35.5. The normalized spacial score (nSPS) is 11.3. The number of methoxy groups -OCH3 is 1. The summed E-state index contributed by atoms with van der Waals surface area (Å²) in [4.78, 5) is 25.1. The largest absolute Gasteiger partial charge is 0.497 e. The van der Waals surface area contributed by atoms with Crippen LogP contribution in [0.2, 0.25) is 10.0 Å². The molecule has 12 heteroatoms. The minimum Gasteiger partial charge on any atom is -0.497 e. The van der Waals surface area contributed by atoms with Gasteiger partial charge in [0.2, 0.25) is 11.2 Å². The summed E-state index contributed by atoms with van der Waals surface area (Å²) in [6.07, 6.45) is -5.04. The zero-order valence-electron chi connectivity index (χ0n) is 18.8. The molecule has 0 fully saturated rings. The van der Waals surface area contributed by atoms with Gasteiger partial charge >= 0.3 is 6.18 Å². The van der Waals surface area contributed by atoms with E-state index in [0.29, 0.717) is 21.5 Å². The molecule has 192 valence electrons. The molecule has 3 aromatic carbocycles. The lowest BCUT2D eigenvalue weighted by atomic mass is 10.2. The lowest BCUT2D eigenvalue weighted by Gasteiger charge is -2.14. The van der Waals surface area contributed by atoms with E-state index in [9.17, 15) is 22.8 Å². The summed E-state index contributed by atoms with van der Waals surface area (Å²) in [7, 11) is 1.43. The fraction of sp³-hybridized carbons (Fsp3) is 0.120. The van der Waals surface area contributed by atoms with E-state index in [1.807, 2.05) is 0 Å². The van der Waals surface area contributed by atoms with Gasteiger partial charge in [0.05, 0.1) is 12.5 Å². The van der Waals surface area contributed by atoms with Crippen molar-refractivity contribution < 1.29 is 36.6 Å². The zero-order chi connectivity index (χ0) is 26.7. The van der Waals surface area contributed by atoms with Crippen LogP contribution in [0.15, 0.2) is 69.9 Å². The molecule has 0 atom stereocenters. The predicted octanol–water partition coefficient (Wildman–Crippen LogP) is 6.94. The van der Waals surface area contributed by atoms with E-state index in [4.69, 9.17) is 41.8 Å². The number of hydrogen-bond donors (Lipinski definition) is 1. The number of rotatable bonds is 7. The van der Waals surface area contributed by atoms with Gasteiger partial charge in [-0.3, -0.25) is 9.59 Å². The van der Waals surface area contributed by atoms with E-state index in [-0.39, 0.29) is 16.9 Å². The number of alkyl halides is 3. The third kappa shape index (κ3) is 6.28. The summed E-state index contributed by atoms with van der Waals surface area (Å²) in [6, 6.07) is 13.7. The van der Waals surface area contributed by atoms with Gasteiger partial charge in [-0.2, -0.15) is 13.2 Å². The summed E-state index contributed by atoms with van der Waals surface area (Å²) in [5, 5.41) is 2.97. The maximum absolute atomic E-state index is 13.8. The summed E-state index contributed by atoms with van der Waals surface area (Å²) in [5.41, 5.74) is -1.11. The van der Waals surface area contributed by atoms with Crippen LogP contribution < -0.4 is 25.0 Å². The number of benzene rings is 3. The van der Waals surface area contributed by atoms with Crippen LogP contribution in [0.5, 0.6) is 23.0 Å². The van der Waals surface area contributed by atoms with Gasteiger partial charge in [-0.15, -0.1) is 0 Å². The second kappa shape index (κ2) is 10.6. The van der Waals surface area contributed by atoms with Crippen LogP contribution in [0.3, 0.4) is 0 Å². The number of fused-ring (bicyclic) bond motifs is 1. The van der Waals surface area contributed by atoms with Gasteiger partial charge in [0.15, 0.2) is 6.61 Å². The predicted molar refractivity (Wildman–Crippen MR) is 131 cm³/mol. The van der Waals surface area contributed by atoms with Gasteiger partial charge in [-0.05, 0) is 54.6 Å². The molecule has 0 unspecified atom stereocenters. The second-order valence-corrected chi connectivity index (χ2v) is 8.39. The molecule has 0 aliphatic rings. The fourth-order valence-electron chi connectivity index (χ4n) is 3.26. The standard InChI is InChI=1S/C25H16Cl2F3NO6/c1-34-16-2-4-17(5-3-16)36-23-22(33)19-7-6-18(11-20(19)37-24(23)25(28,29)30)35-12-21(32)31-15-9-13(26)8-14(27)10-15/h2-11H,12H2,1H3,(H,31,32). The van der Waals surface area contributed by atoms with Gasteiger partial charge < -0.3 is 23.9 Å². The third-order valence-electron chi connectivity index (χ3n) is 4.88. The monoisotopic (exact) mass is 553 g/mol. The maximum atomic E-state index is 13.8. The average Bonchev–Trinajstić information content (AvgIpc) is 2.83. The minimum absolute atomic E-state index is 0.00752. The topological polar surface area (TPSA) is 87.0 Å². The van der Waals surface area contributed by atoms with E-state index in [1.165, 1.54) is 61.7 Å². The Morgan fingerprint density at radius 1 is 0.946 bits per heavy atom. The van der Waals surface area contributed by atoms with Gasteiger partial charge in [0.1, 0.15) is 22.8 Å². The number of ether oxygens (including phenoxy) is 3. The molecule has 0 saturated carbocycles. The number of halogens is 5. The van der Waals surface area contributed by atoms with Gasteiger partial charge in [-0.1, -0.05) is 23.2 Å². The Morgan fingerprint density at radius 2 is 1.57 bits per heavy atom. The van der Waals surface area contributed by atoms with Crippen molar-refractivity contribution in [2.24, 2.45) is 0 Å². The number of anilines is 1. The Kier molecular flexibility index (Phi) is 7.51. The fourth-order valence-corrected chi connectivity index (χ4v) is 3.79. The lowest BCUT2D eigenvalue weighted by Crippen LogP contribution is -2.20. The van der Waals surface area contributed by atoms with Crippen molar-refractivity contribution >= 4 is 45.8 Å². The molecule has 0 bridgehead atoms. The molecule has 0 radical (unpaired) electrons. The van der Waals surface area contributed by atoms with E-state index >= 15 is 0 Å². The second-order valence-electron chi connectivity index (χ2n) is 7.52. The molecular weight excluding hydrogens is 538 g/mol. The van der Waals surface area contributed by atoms with Crippen LogP contribution in [0.25, 0.3) is 11.0 Å². The Hall–Kier alpha value is -3.89. The molecule has 0 aliphatic heterocycles. The Labute approximate surface area is 217 Å². The molecule has 1 amide bonds. The highest BCUT2D eigenvalue weighted by Crippen LogP contribution is 2.39. The van der Waals surface area contributed by atoms with Crippen LogP contribution >= 0.6 is 23.2 Å². The van der Waals surface area contributed by atoms with Gasteiger partial charge in [0, 0.05) is 21.8 Å². The molecule has 1 aromatic heterocycles. The van der Waals surface area contributed by atoms with Crippen LogP contribution in [0.1, 0.15) is 5.76 Å². The first-order valence-electron chi connectivity index (χ1n) is 10.4. The molecule has 0 spiro atoms. The molecular formula is C25H16Cl2F3NO6. The molecule has 1 heterocycles. The van der Waals surface area contributed by atoms with Crippen LogP contribution in [-0.4, -0.2) is 19.6 Å². The molecule has 0 aliphatic carbocycles. The number of hydrogen-bond acceptors (Lipinski definition) is 6. The molecule has 37 heavy (non-hydrogen) atoms. The Bertz CT molecular complexity index is 1500. The van der Waals surface area contributed by atoms with Crippen molar-refractivity contribution in [1.29, 1.82) is 0 Å². The lowest BCUT2D eigenvalue weighted by molar-refractivity contribution is -0.154. The summed E-state index contributed by atoms with van der Waals surface area (Å²) in [6.45, 7) is -0.495. The first kappa shape index (κ1) is 26.2. The number of amides is 1. The number of carbonyl (C=O) groups excluding carboxylic acids is 1. The first-order valence-corrected chi connectivity index (χ1v) is 11.2. The van der Waals surface area contributed by atoms with E-state index in [1.54, 1.807) is 0 Å². The molecule has 4 aromatic rings. The molecule has 1 N–H and O–H groups in total. The van der Waals surface area contributed by atoms with Crippen molar-refractivity contribution in [3.8, 4) is 23.0 Å².